The van der Waals surface area contributed by atoms with Crippen molar-refractivity contribution in [2.24, 2.45) is 0 Å². The average Bonchev–Trinajstić information content (AvgIpc) is 2.67. The molecule has 5 heteroatoms. The molecule has 1 N–H and O–H groups in total. The van der Waals surface area contributed by atoms with Crippen molar-refractivity contribution in [1.82, 2.24) is 10.3 Å². The topological polar surface area (TPSA) is 60.5 Å². The minimum Gasteiger partial charge on any atom is -0.497 e. The highest BCUT2D eigenvalue weighted by Gasteiger charge is 2.13. The zero-order valence-corrected chi connectivity index (χ0v) is 14.3. The van der Waals surface area contributed by atoms with Crippen LogP contribution in [0.5, 0.6) is 5.75 Å². The van der Waals surface area contributed by atoms with Crippen LogP contribution in [0.1, 0.15) is 10.4 Å². The summed E-state index contributed by atoms with van der Waals surface area (Å²) in [5.41, 5.74) is 3.07. The van der Waals surface area contributed by atoms with Gasteiger partial charge in [0.25, 0.3) is 5.91 Å². The lowest BCUT2D eigenvalue weighted by Gasteiger charge is -2.11. The number of rotatable bonds is 6. The van der Waals surface area contributed by atoms with E-state index in [1.165, 1.54) is 0 Å². The molecule has 3 aromatic rings. The molecule has 0 bridgehead atoms. The Balaban J connectivity index is 2.03. The predicted octanol–water partition coefficient (Wildman–Crippen LogP) is 3.29. The van der Waals surface area contributed by atoms with Crippen LogP contribution < -0.4 is 10.1 Å². The predicted molar refractivity (Wildman–Crippen MR) is 97.9 cm³/mol. The highest BCUT2D eigenvalue weighted by molar-refractivity contribution is 6.07. The number of nitrogens with one attached hydrogen (secondary N) is 1. The summed E-state index contributed by atoms with van der Waals surface area (Å²) >= 11 is 0. The molecular weight excluding hydrogens is 316 g/mol. The Bertz CT molecular complexity index is 876. The molecule has 0 atom stereocenters. The first-order chi connectivity index (χ1) is 12.2. The molecular formula is C20H20N2O3. The second-order valence-corrected chi connectivity index (χ2v) is 5.55. The molecule has 0 aliphatic heterocycles. The van der Waals surface area contributed by atoms with Gasteiger partial charge in [0.15, 0.2) is 0 Å². The molecule has 0 saturated carbocycles. The molecule has 0 aliphatic carbocycles. The van der Waals surface area contributed by atoms with Gasteiger partial charge in [0.05, 0.1) is 30.5 Å². The van der Waals surface area contributed by atoms with E-state index in [-0.39, 0.29) is 5.91 Å². The quantitative estimate of drug-likeness (QED) is 0.702. The van der Waals surface area contributed by atoms with E-state index >= 15 is 0 Å². The van der Waals surface area contributed by atoms with E-state index < -0.39 is 0 Å². The van der Waals surface area contributed by atoms with Crippen molar-refractivity contribution in [2.45, 2.75) is 0 Å². The molecule has 128 valence electrons. The van der Waals surface area contributed by atoms with Crippen molar-refractivity contribution in [2.75, 3.05) is 27.4 Å². The summed E-state index contributed by atoms with van der Waals surface area (Å²) in [7, 11) is 3.24. The molecule has 0 unspecified atom stereocenters. The summed E-state index contributed by atoms with van der Waals surface area (Å²) in [6.45, 7) is 0.934. The maximum absolute atomic E-state index is 12.6. The number of carbonyl (C=O) groups is 1. The monoisotopic (exact) mass is 336 g/mol. The molecule has 5 nitrogen and oxygen atoms in total. The number of fused-ring (bicyclic) bond motifs is 1. The molecule has 2 aromatic carbocycles. The van der Waals surface area contributed by atoms with Gasteiger partial charge in [-0.3, -0.25) is 4.79 Å². The fraction of sp³-hybridized carbons (Fsp3) is 0.200. The Hall–Kier alpha value is -2.92. The lowest BCUT2D eigenvalue weighted by atomic mass is 10.0. The van der Waals surface area contributed by atoms with Crippen molar-refractivity contribution in [3.8, 4) is 17.0 Å². The van der Waals surface area contributed by atoms with Gasteiger partial charge >= 0.3 is 0 Å². The standard InChI is InChI=1S/C20H20N2O3/c1-24-12-11-21-20(23)17-13-19(14-7-9-15(25-2)10-8-14)22-18-6-4-3-5-16(17)18/h3-10,13H,11-12H2,1-2H3,(H,21,23). The van der Waals surface area contributed by atoms with Gasteiger partial charge in [-0.1, -0.05) is 18.2 Å². The van der Waals surface area contributed by atoms with Gasteiger partial charge in [-0.2, -0.15) is 0 Å². The number of aromatic nitrogens is 1. The SMILES string of the molecule is COCCNC(=O)c1cc(-c2ccc(OC)cc2)nc2ccccc12. The van der Waals surface area contributed by atoms with Gasteiger partial charge in [0, 0.05) is 24.6 Å². The number of hydrogen-bond donors (Lipinski definition) is 1. The highest BCUT2D eigenvalue weighted by Crippen LogP contribution is 2.26. The van der Waals surface area contributed by atoms with Gasteiger partial charge < -0.3 is 14.8 Å². The molecule has 0 radical (unpaired) electrons. The van der Waals surface area contributed by atoms with Crippen LogP contribution in [0, 0.1) is 0 Å². The zero-order chi connectivity index (χ0) is 17.6. The lowest BCUT2D eigenvalue weighted by molar-refractivity contribution is 0.0938. The van der Waals surface area contributed by atoms with Crippen molar-refractivity contribution in [3.63, 3.8) is 0 Å². The van der Waals surface area contributed by atoms with E-state index in [1.807, 2.05) is 54.6 Å². The Morgan fingerprint density at radius 3 is 2.56 bits per heavy atom. The summed E-state index contributed by atoms with van der Waals surface area (Å²) in [6, 6.07) is 17.1. The number of amides is 1. The van der Waals surface area contributed by atoms with Crippen LogP contribution in [0.2, 0.25) is 0 Å². The third-order valence-corrected chi connectivity index (χ3v) is 3.94. The molecule has 1 amide bonds. The molecule has 0 aliphatic rings. The first-order valence-electron chi connectivity index (χ1n) is 8.04. The minimum atomic E-state index is -0.134. The van der Waals surface area contributed by atoms with Gasteiger partial charge in [0.2, 0.25) is 0 Å². The Labute approximate surface area is 146 Å². The second kappa shape index (κ2) is 7.77. The van der Waals surface area contributed by atoms with Crippen molar-refractivity contribution < 1.29 is 14.3 Å². The maximum Gasteiger partial charge on any atom is 0.252 e. The summed E-state index contributed by atoms with van der Waals surface area (Å²) in [5.74, 6) is 0.646. The number of nitrogens with zero attached hydrogens (tertiary/aromatic N) is 1. The van der Waals surface area contributed by atoms with Crippen molar-refractivity contribution in [1.29, 1.82) is 0 Å². The summed E-state index contributed by atoms with van der Waals surface area (Å²) in [6.07, 6.45) is 0. The number of pyridine rings is 1. The van der Waals surface area contributed by atoms with Gasteiger partial charge in [-0.15, -0.1) is 0 Å². The largest absolute Gasteiger partial charge is 0.497 e. The van der Waals surface area contributed by atoms with Gasteiger partial charge in [-0.25, -0.2) is 4.98 Å². The summed E-state index contributed by atoms with van der Waals surface area (Å²) in [5, 5.41) is 3.71. The minimum absolute atomic E-state index is 0.134. The fourth-order valence-electron chi connectivity index (χ4n) is 2.63. The Morgan fingerprint density at radius 1 is 1.08 bits per heavy atom. The molecule has 1 aromatic heterocycles. The van der Waals surface area contributed by atoms with E-state index in [9.17, 15) is 4.79 Å². The van der Waals surface area contributed by atoms with Crippen molar-refractivity contribution in [3.05, 3.63) is 60.2 Å². The number of methoxy groups -OCH3 is 2. The molecule has 0 spiro atoms. The van der Waals surface area contributed by atoms with Crippen LogP contribution in [0.15, 0.2) is 54.6 Å². The highest BCUT2D eigenvalue weighted by atomic mass is 16.5. The van der Waals surface area contributed by atoms with Crippen molar-refractivity contribution >= 4 is 16.8 Å². The smallest absolute Gasteiger partial charge is 0.252 e. The first-order valence-corrected chi connectivity index (χ1v) is 8.04. The average molecular weight is 336 g/mol. The normalized spacial score (nSPS) is 10.6. The first kappa shape index (κ1) is 16.9. The van der Waals surface area contributed by atoms with Crippen LogP contribution in [0.4, 0.5) is 0 Å². The Kier molecular flexibility index (Phi) is 5.26. The third kappa shape index (κ3) is 3.78. The van der Waals surface area contributed by atoms with Crippen LogP contribution in [-0.4, -0.2) is 38.3 Å². The van der Waals surface area contributed by atoms with E-state index in [1.54, 1.807) is 14.2 Å². The fourth-order valence-corrected chi connectivity index (χ4v) is 2.63. The molecule has 0 saturated heterocycles. The van der Waals surface area contributed by atoms with E-state index in [4.69, 9.17) is 14.5 Å². The second-order valence-electron chi connectivity index (χ2n) is 5.55. The number of benzene rings is 2. The van der Waals surface area contributed by atoms with E-state index in [0.717, 1.165) is 27.9 Å². The summed E-state index contributed by atoms with van der Waals surface area (Å²) < 4.78 is 10.2. The van der Waals surface area contributed by atoms with Crippen LogP contribution in [-0.2, 0) is 4.74 Å². The van der Waals surface area contributed by atoms with Crippen LogP contribution >= 0.6 is 0 Å². The number of para-hydroxylation sites is 1. The van der Waals surface area contributed by atoms with Crippen LogP contribution in [0.3, 0.4) is 0 Å². The molecule has 1 heterocycles. The zero-order valence-electron chi connectivity index (χ0n) is 14.3. The summed E-state index contributed by atoms with van der Waals surface area (Å²) in [4.78, 5) is 17.3. The molecule has 0 fully saturated rings. The Morgan fingerprint density at radius 2 is 1.84 bits per heavy atom. The number of ether oxygens (including phenoxy) is 2. The number of carbonyl (C=O) groups excluding carboxylic acids is 1. The number of hydrogen-bond acceptors (Lipinski definition) is 4. The van der Waals surface area contributed by atoms with E-state index in [0.29, 0.717) is 18.7 Å². The molecule has 25 heavy (non-hydrogen) atoms. The van der Waals surface area contributed by atoms with Gasteiger partial charge in [0.1, 0.15) is 5.75 Å². The maximum atomic E-state index is 12.6. The lowest BCUT2D eigenvalue weighted by Crippen LogP contribution is -2.27. The third-order valence-electron chi connectivity index (χ3n) is 3.94. The molecule has 3 rings (SSSR count). The van der Waals surface area contributed by atoms with Crippen LogP contribution in [0.25, 0.3) is 22.2 Å². The van der Waals surface area contributed by atoms with Gasteiger partial charge in [-0.05, 0) is 36.4 Å². The van der Waals surface area contributed by atoms with E-state index in [2.05, 4.69) is 5.32 Å².